The molecule has 98 valence electrons. The molecule has 2 rings (SSSR count). The summed E-state index contributed by atoms with van der Waals surface area (Å²) in [5, 5.41) is 3.50. The lowest BCUT2D eigenvalue weighted by Gasteiger charge is -2.22. The highest BCUT2D eigenvalue weighted by Gasteiger charge is 2.22. The van der Waals surface area contributed by atoms with Crippen molar-refractivity contribution in [2.24, 2.45) is 5.73 Å². The first-order valence-corrected chi connectivity index (χ1v) is 6.72. The SMILES string of the molecule is NC1CCCCCC1NC(=O)c1ccc(Cl)cn1. The standard InChI is InChI=1S/C13H18ClN3O/c14-9-6-7-12(16-8-9)13(18)17-11-5-3-1-2-4-10(11)15/h6-8,10-11H,1-5,15H2,(H,17,18). The summed E-state index contributed by atoms with van der Waals surface area (Å²) < 4.78 is 0. The minimum Gasteiger partial charge on any atom is -0.346 e. The van der Waals surface area contributed by atoms with E-state index in [2.05, 4.69) is 10.3 Å². The Morgan fingerprint density at radius 1 is 1.33 bits per heavy atom. The Labute approximate surface area is 112 Å². The molecule has 1 heterocycles. The van der Waals surface area contributed by atoms with Gasteiger partial charge in [0.05, 0.1) is 5.02 Å². The Morgan fingerprint density at radius 2 is 2.11 bits per heavy atom. The fourth-order valence-electron chi connectivity index (χ4n) is 2.27. The van der Waals surface area contributed by atoms with Crippen LogP contribution in [0.2, 0.25) is 5.02 Å². The topological polar surface area (TPSA) is 68.0 Å². The number of aromatic nitrogens is 1. The maximum absolute atomic E-state index is 12.0. The molecule has 1 amide bonds. The molecule has 0 radical (unpaired) electrons. The van der Waals surface area contributed by atoms with Crippen LogP contribution < -0.4 is 11.1 Å². The van der Waals surface area contributed by atoms with Gasteiger partial charge in [-0.3, -0.25) is 4.79 Å². The lowest BCUT2D eigenvalue weighted by molar-refractivity contribution is 0.0924. The van der Waals surface area contributed by atoms with Gasteiger partial charge in [0.15, 0.2) is 0 Å². The fourth-order valence-corrected chi connectivity index (χ4v) is 2.38. The molecule has 4 nitrogen and oxygen atoms in total. The molecule has 2 atom stereocenters. The summed E-state index contributed by atoms with van der Waals surface area (Å²) in [7, 11) is 0. The molecule has 0 saturated heterocycles. The minimum atomic E-state index is -0.172. The Hall–Kier alpha value is -1.13. The second-order valence-corrected chi connectivity index (χ2v) is 5.18. The molecule has 0 bridgehead atoms. The van der Waals surface area contributed by atoms with Gasteiger partial charge >= 0.3 is 0 Å². The molecule has 1 fully saturated rings. The molecule has 1 aromatic heterocycles. The zero-order valence-corrected chi connectivity index (χ0v) is 11.0. The predicted octanol–water partition coefficient (Wildman–Crippen LogP) is 2.12. The zero-order chi connectivity index (χ0) is 13.0. The average molecular weight is 268 g/mol. The van der Waals surface area contributed by atoms with Gasteiger partial charge in [0.2, 0.25) is 0 Å². The van der Waals surface area contributed by atoms with Crippen LogP contribution in [0.4, 0.5) is 0 Å². The molecule has 0 aliphatic heterocycles. The lowest BCUT2D eigenvalue weighted by Crippen LogP contribution is -2.47. The molecule has 1 aliphatic rings. The number of carbonyl (C=O) groups excluding carboxylic acids is 1. The van der Waals surface area contributed by atoms with Crippen LogP contribution in [0.5, 0.6) is 0 Å². The van der Waals surface area contributed by atoms with Crippen molar-refractivity contribution < 1.29 is 4.79 Å². The number of halogens is 1. The lowest BCUT2D eigenvalue weighted by atomic mass is 10.0. The summed E-state index contributed by atoms with van der Waals surface area (Å²) in [6.07, 6.45) is 6.85. The van der Waals surface area contributed by atoms with E-state index in [9.17, 15) is 4.79 Å². The molecule has 2 unspecified atom stereocenters. The van der Waals surface area contributed by atoms with Crippen LogP contribution in [0, 0.1) is 0 Å². The summed E-state index contributed by atoms with van der Waals surface area (Å²) in [5.41, 5.74) is 6.46. The van der Waals surface area contributed by atoms with E-state index in [0.717, 1.165) is 25.7 Å². The smallest absolute Gasteiger partial charge is 0.270 e. The third-order valence-corrected chi connectivity index (χ3v) is 3.57. The van der Waals surface area contributed by atoms with Crippen LogP contribution in [-0.2, 0) is 0 Å². The van der Waals surface area contributed by atoms with Gasteiger partial charge in [-0.2, -0.15) is 0 Å². The van der Waals surface area contributed by atoms with E-state index in [0.29, 0.717) is 10.7 Å². The molecule has 18 heavy (non-hydrogen) atoms. The third-order valence-electron chi connectivity index (χ3n) is 3.35. The monoisotopic (exact) mass is 267 g/mol. The Kier molecular flexibility index (Phi) is 4.55. The maximum Gasteiger partial charge on any atom is 0.270 e. The number of nitrogens with zero attached hydrogens (tertiary/aromatic N) is 1. The molecule has 0 aromatic carbocycles. The van der Waals surface area contributed by atoms with Crippen molar-refractivity contribution in [2.45, 2.75) is 44.2 Å². The highest BCUT2D eigenvalue weighted by molar-refractivity contribution is 6.30. The first-order chi connectivity index (χ1) is 8.66. The number of carbonyl (C=O) groups is 1. The number of amides is 1. The van der Waals surface area contributed by atoms with E-state index in [1.807, 2.05) is 0 Å². The van der Waals surface area contributed by atoms with E-state index in [1.54, 1.807) is 12.1 Å². The third kappa shape index (κ3) is 3.43. The Bertz CT molecular complexity index is 407. The summed E-state index contributed by atoms with van der Waals surface area (Å²) in [5.74, 6) is -0.172. The van der Waals surface area contributed by atoms with E-state index >= 15 is 0 Å². The van der Waals surface area contributed by atoms with Crippen LogP contribution >= 0.6 is 11.6 Å². The Morgan fingerprint density at radius 3 is 2.83 bits per heavy atom. The maximum atomic E-state index is 12.0. The van der Waals surface area contributed by atoms with Crippen molar-refractivity contribution in [3.8, 4) is 0 Å². The predicted molar refractivity (Wildman–Crippen MR) is 71.6 cm³/mol. The first-order valence-electron chi connectivity index (χ1n) is 6.35. The number of hydrogen-bond acceptors (Lipinski definition) is 3. The number of hydrogen-bond donors (Lipinski definition) is 2. The number of nitrogens with two attached hydrogens (primary N) is 1. The van der Waals surface area contributed by atoms with Gasteiger partial charge in [-0.25, -0.2) is 4.98 Å². The summed E-state index contributed by atoms with van der Waals surface area (Å²) in [4.78, 5) is 16.0. The second-order valence-electron chi connectivity index (χ2n) is 4.74. The molecule has 1 saturated carbocycles. The Balaban J connectivity index is 1.99. The normalized spacial score (nSPS) is 24.3. The van der Waals surface area contributed by atoms with Crippen molar-refractivity contribution in [3.63, 3.8) is 0 Å². The van der Waals surface area contributed by atoms with Crippen molar-refractivity contribution in [3.05, 3.63) is 29.0 Å². The number of nitrogens with one attached hydrogen (secondary N) is 1. The van der Waals surface area contributed by atoms with Crippen LogP contribution in [0.3, 0.4) is 0 Å². The van der Waals surface area contributed by atoms with Crippen LogP contribution in [0.25, 0.3) is 0 Å². The minimum absolute atomic E-state index is 0.0451. The number of rotatable bonds is 2. The van der Waals surface area contributed by atoms with Gasteiger partial charge in [-0.1, -0.05) is 30.9 Å². The van der Waals surface area contributed by atoms with Crippen molar-refractivity contribution in [2.75, 3.05) is 0 Å². The van der Waals surface area contributed by atoms with Crippen molar-refractivity contribution in [1.82, 2.24) is 10.3 Å². The number of pyridine rings is 1. The van der Waals surface area contributed by atoms with Crippen molar-refractivity contribution >= 4 is 17.5 Å². The van der Waals surface area contributed by atoms with Gasteiger partial charge in [-0.15, -0.1) is 0 Å². The summed E-state index contributed by atoms with van der Waals surface area (Å²) >= 11 is 5.74. The van der Waals surface area contributed by atoms with Crippen LogP contribution in [0.1, 0.15) is 42.6 Å². The van der Waals surface area contributed by atoms with Gasteiger partial charge < -0.3 is 11.1 Å². The van der Waals surface area contributed by atoms with Gasteiger partial charge in [-0.05, 0) is 25.0 Å². The largest absolute Gasteiger partial charge is 0.346 e. The summed E-state index contributed by atoms with van der Waals surface area (Å²) in [6.45, 7) is 0. The van der Waals surface area contributed by atoms with Gasteiger partial charge in [0, 0.05) is 18.3 Å². The summed E-state index contributed by atoms with van der Waals surface area (Å²) in [6, 6.07) is 3.39. The highest BCUT2D eigenvalue weighted by atomic mass is 35.5. The molecule has 1 aliphatic carbocycles. The van der Waals surface area contributed by atoms with Gasteiger partial charge in [0.1, 0.15) is 5.69 Å². The van der Waals surface area contributed by atoms with Crippen LogP contribution in [0.15, 0.2) is 18.3 Å². The quantitative estimate of drug-likeness (QED) is 0.807. The fraction of sp³-hybridized carbons (Fsp3) is 0.538. The van der Waals surface area contributed by atoms with E-state index in [-0.39, 0.29) is 18.0 Å². The molecular weight excluding hydrogens is 250 g/mol. The van der Waals surface area contributed by atoms with E-state index in [4.69, 9.17) is 17.3 Å². The van der Waals surface area contributed by atoms with Gasteiger partial charge in [0.25, 0.3) is 5.91 Å². The van der Waals surface area contributed by atoms with Crippen LogP contribution in [-0.4, -0.2) is 23.0 Å². The molecule has 1 aromatic rings. The van der Waals surface area contributed by atoms with Crippen molar-refractivity contribution in [1.29, 1.82) is 0 Å². The molecular formula is C13H18ClN3O. The average Bonchev–Trinajstić information content (AvgIpc) is 2.56. The molecule has 5 heteroatoms. The highest BCUT2D eigenvalue weighted by Crippen LogP contribution is 2.17. The molecule has 3 N–H and O–H groups in total. The van der Waals surface area contributed by atoms with E-state index in [1.165, 1.54) is 12.6 Å². The first kappa shape index (κ1) is 13.3. The van der Waals surface area contributed by atoms with E-state index < -0.39 is 0 Å². The zero-order valence-electron chi connectivity index (χ0n) is 10.2. The molecule has 0 spiro atoms. The second kappa shape index (κ2) is 6.16.